The molecule has 0 aliphatic rings. The average Bonchev–Trinajstić information content (AvgIpc) is 3.15. The predicted molar refractivity (Wildman–Crippen MR) is 191 cm³/mol. The summed E-state index contributed by atoms with van der Waals surface area (Å²) < 4.78 is 24.1. The van der Waals surface area contributed by atoms with Gasteiger partial charge < -0.3 is 33.9 Å². The van der Waals surface area contributed by atoms with Gasteiger partial charge in [-0.15, -0.1) is 0 Å². The van der Waals surface area contributed by atoms with Gasteiger partial charge in [-0.3, -0.25) is 0 Å². The largest absolute Gasteiger partial charge is 0.490 e. The van der Waals surface area contributed by atoms with Crippen LogP contribution in [0.15, 0.2) is 124 Å². The third-order valence-electron chi connectivity index (χ3n) is 4.94. The molecule has 0 saturated heterocycles. The minimum absolute atomic E-state index is 0.144. The quantitative estimate of drug-likeness (QED) is 0.0810. The molecule has 0 unspecified atom stereocenters. The smallest absolute Gasteiger partial charge is 0.330 e. The first kappa shape index (κ1) is 48.6. The molecule has 0 atom stereocenters. The number of para-hydroxylation sites is 1. The van der Waals surface area contributed by atoms with Gasteiger partial charge in [0.25, 0.3) is 0 Å². The molecule has 2 N–H and O–H groups in total. The van der Waals surface area contributed by atoms with Crippen LogP contribution in [0.1, 0.15) is 38.2 Å². The number of carboxylic acids is 1. The second-order valence-electron chi connectivity index (χ2n) is 8.90. The van der Waals surface area contributed by atoms with Crippen molar-refractivity contribution in [1.82, 2.24) is 0 Å². The van der Waals surface area contributed by atoms with Crippen molar-refractivity contribution < 1.29 is 57.9 Å². The summed E-state index contributed by atoms with van der Waals surface area (Å²) >= 11 is 0. The Bertz CT molecular complexity index is 1240. The summed E-state index contributed by atoms with van der Waals surface area (Å²) in [5.41, 5.74) is 0.979. The number of ether oxygens (including phenoxy) is 5. The van der Waals surface area contributed by atoms with E-state index in [-0.39, 0.29) is 25.2 Å². The normalized spacial score (nSPS) is 8.68. The highest BCUT2D eigenvalue weighted by Crippen LogP contribution is 2.07. The van der Waals surface area contributed by atoms with Crippen molar-refractivity contribution in [3.05, 3.63) is 130 Å². The molecular formula is C38H50O12. The lowest BCUT2D eigenvalue weighted by atomic mass is 10.2. The second-order valence-corrected chi connectivity index (χ2v) is 8.90. The molecule has 0 heterocycles. The summed E-state index contributed by atoms with van der Waals surface area (Å²) in [6.07, 6.45) is 8.77. The van der Waals surface area contributed by atoms with E-state index in [1.54, 1.807) is 0 Å². The zero-order chi connectivity index (χ0) is 38.3. The van der Waals surface area contributed by atoms with Gasteiger partial charge in [0.1, 0.15) is 25.6 Å². The number of carbonyl (C=O) groups is 5. The van der Waals surface area contributed by atoms with Crippen molar-refractivity contribution in [3.63, 3.8) is 0 Å². The summed E-state index contributed by atoms with van der Waals surface area (Å²) in [6.45, 7) is 20.0. The highest BCUT2D eigenvalue weighted by molar-refractivity contribution is 5.82. The lowest BCUT2D eigenvalue weighted by molar-refractivity contribution is -0.139. The molecule has 274 valence electrons. The Hall–Kier alpha value is -5.75. The number of aliphatic carboxylic acids is 1. The van der Waals surface area contributed by atoms with Crippen molar-refractivity contribution in [1.29, 1.82) is 0 Å². The van der Waals surface area contributed by atoms with Gasteiger partial charge in [0.2, 0.25) is 0 Å². The van der Waals surface area contributed by atoms with Crippen LogP contribution in [-0.2, 0) is 49.5 Å². The van der Waals surface area contributed by atoms with E-state index in [0.29, 0.717) is 39.3 Å². The van der Waals surface area contributed by atoms with Crippen molar-refractivity contribution in [2.24, 2.45) is 0 Å². The summed E-state index contributed by atoms with van der Waals surface area (Å²) in [7, 11) is 0. The number of hydrogen-bond acceptors (Lipinski definition) is 11. The lowest BCUT2D eigenvalue weighted by Gasteiger charge is -2.05. The van der Waals surface area contributed by atoms with Crippen LogP contribution in [0.25, 0.3) is 0 Å². The zero-order valence-corrected chi connectivity index (χ0v) is 28.7. The van der Waals surface area contributed by atoms with Crippen LogP contribution in [0.5, 0.6) is 5.75 Å². The Morgan fingerprint density at radius 2 is 1.00 bits per heavy atom. The molecule has 12 heteroatoms. The van der Waals surface area contributed by atoms with E-state index in [1.165, 1.54) is 6.08 Å². The van der Waals surface area contributed by atoms with E-state index >= 15 is 0 Å². The van der Waals surface area contributed by atoms with Crippen molar-refractivity contribution >= 4 is 29.8 Å². The Morgan fingerprint density at radius 3 is 1.42 bits per heavy atom. The van der Waals surface area contributed by atoms with Crippen LogP contribution < -0.4 is 4.74 Å². The molecule has 0 amide bonds. The first-order chi connectivity index (χ1) is 24.0. The first-order valence-electron chi connectivity index (χ1n) is 15.4. The van der Waals surface area contributed by atoms with Crippen molar-refractivity contribution in [2.45, 2.75) is 39.2 Å². The molecule has 0 fully saturated rings. The van der Waals surface area contributed by atoms with Gasteiger partial charge in [0.05, 0.1) is 13.2 Å². The fraction of sp³-hybridized carbons (Fsp3) is 0.289. The fourth-order valence-electron chi connectivity index (χ4n) is 2.49. The fourth-order valence-corrected chi connectivity index (χ4v) is 2.49. The van der Waals surface area contributed by atoms with E-state index in [9.17, 15) is 24.0 Å². The van der Waals surface area contributed by atoms with Gasteiger partial charge in [-0.1, -0.05) is 94.8 Å². The third kappa shape index (κ3) is 38.4. The number of unbranched alkanes of at least 4 members (excludes halogenated alkanes) is 2. The monoisotopic (exact) mass is 698 g/mol. The molecule has 0 radical (unpaired) electrons. The van der Waals surface area contributed by atoms with Crippen LogP contribution in [0, 0.1) is 0 Å². The van der Waals surface area contributed by atoms with Gasteiger partial charge in [0.15, 0.2) is 0 Å². The second kappa shape index (κ2) is 37.7. The topological polar surface area (TPSA) is 172 Å². The number of aliphatic hydroxyl groups excluding tert-OH is 1. The molecule has 2 rings (SSSR count). The molecular weight excluding hydrogens is 648 g/mol. The minimum atomic E-state index is -0.981. The van der Waals surface area contributed by atoms with Crippen LogP contribution in [0.2, 0.25) is 0 Å². The van der Waals surface area contributed by atoms with Crippen molar-refractivity contribution in [2.75, 3.05) is 33.0 Å². The highest BCUT2D eigenvalue weighted by atomic mass is 16.6. The Morgan fingerprint density at radius 1 is 0.580 bits per heavy atom. The maximum atomic E-state index is 10.6. The molecule has 50 heavy (non-hydrogen) atoms. The lowest BCUT2D eigenvalue weighted by Crippen LogP contribution is -2.09. The zero-order valence-electron chi connectivity index (χ0n) is 28.7. The highest BCUT2D eigenvalue weighted by Gasteiger charge is 1.97. The van der Waals surface area contributed by atoms with E-state index in [0.717, 1.165) is 48.5 Å². The van der Waals surface area contributed by atoms with E-state index in [4.69, 9.17) is 24.4 Å². The summed E-state index contributed by atoms with van der Waals surface area (Å²) in [5.74, 6) is -1.77. The molecule has 0 saturated carbocycles. The maximum Gasteiger partial charge on any atom is 0.330 e. The van der Waals surface area contributed by atoms with Gasteiger partial charge >= 0.3 is 29.8 Å². The minimum Gasteiger partial charge on any atom is -0.490 e. The summed E-state index contributed by atoms with van der Waals surface area (Å²) in [5, 5.41) is 15.9. The molecule has 12 nitrogen and oxygen atoms in total. The summed E-state index contributed by atoms with van der Waals surface area (Å²) in [4.78, 5) is 51.2. The van der Waals surface area contributed by atoms with E-state index in [1.807, 2.05) is 67.6 Å². The van der Waals surface area contributed by atoms with Gasteiger partial charge in [-0.25, -0.2) is 24.0 Å². The number of carbonyl (C=O) groups excluding carboxylic acids is 4. The Kier molecular flexibility index (Phi) is 36.7. The first-order valence-corrected chi connectivity index (χ1v) is 15.4. The average molecular weight is 699 g/mol. The van der Waals surface area contributed by atoms with E-state index in [2.05, 4.69) is 42.4 Å². The van der Waals surface area contributed by atoms with E-state index < -0.39 is 17.9 Å². The number of carboxylic acid groups (broad SMARTS) is 1. The SMILES string of the molecule is C=CC(=O)O.C=CC(=O)OCCCC.C=CC(=O)OCCCCO.C=CC(=O)OCCOc1ccccc1.C=CC(=O)OCc1ccccc1. The molecule has 0 spiro atoms. The van der Waals surface area contributed by atoms with Crippen LogP contribution >= 0.6 is 0 Å². The predicted octanol–water partition coefficient (Wildman–Crippen LogP) is 5.97. The van der Waals surface area contributed by atoms with Crippen LogP contribution in [0.3, 0.4) is 0 Å². The standard InChI is InChI=1S/C11H12O3.C10H10O2.C7H12O3.C7H12O2.C3H4O2/c1-2-11(12)14-9-8-13-10-6-4-3-5-7-10;1-2-10(11)12-8-9-6-4-3-5-7-9;1-2-7(9)10-6-4-3-5-8;1-3-5-6-9-7(8)4-2;1-2-3(4)5/h2-7H,1,8-9H2;2-7H,1,8H2;2,8H,1,3-6H2;4H,2-3,5-6H2,1H3;2H,1H2,(H,4,5). The number of esters is 4. The summed E-state index contributed by atoms with van der Waals surface area (Å²) in [6, 6.07) is 18.9. The molecule has 0 bridgehead atoms. The molecule has 2 aromatic carbocycles. The number of benzene rings is 2. The Balaban J connectivity index is -0.000000570. The number of hydrogen-bond donors (Lipinski definition) is 2. The van der Waals surface area contributed by atoms with Gasteiger partial charge in [-0.05, 0) is 37.0 Å². The van der Waals surface area contributed by atoms with Gasteiger partial charge in [-0.2, -0.15) is 0 Å². The van der Waals surface area contributed by atoms with Crippen LogP contribution in [0.4, 0.5) is 0 Å². The maximum absolute atomic E-state index is 10.6. The van der Waals surface area contributed by atoms with Gasteiger partial charge in [0, 0.05) is 37.0 Å². The third-order valence-corrected chi connectivity index (χ3v) is 4.94. The molecule has 2 aromatic rings. The molecule has 0 aromatic heterocycles. The molecule has 0 aliphatic carbocycles. The Labute approximate surface area is 295 Å². The van der Waals surface area contributed by atoms with Crippen LogP contribution in [-0.4, -0.2) is 73.1 Å². The number of aliphatic hydroxyl groups is 1. The van der Waals surface area contributed by atoms with Crippen molar-refractivity contribution in [3.8, 4) is 5.75 Å². The number of rotatable bonds is 18. The molecule has 0 aliphatic heterocycles.